The minimum Gasteiger partial charge on any atom is -0.338 e. The summed E-state index contributed by atoms with van der Waals surface area (Å²) < 4.78 is 0. The Morgan fingerprint density at radius 3 is 2.65 bits per heavy atom. The van der Waals surface area contributed by atoms with Crippen molar-refractivity contribution in [2.45, 2.75) is 32.6 Å². The first kappa shape index (κ1) is 16.6. The monoisotopic (exact) mass is 353 g/mol. The largest absolute Gasteiger partial charge is 0.338 e. The van der Waals surface area contributed by atoms with Gasteiger partial charge in [-0.25, -0.2) is 9.78 Å². The van der Waals surface area contributed by atoms with E-state index in [0.717, 1.165) is 42.6 Å². The van der Waals surface area contributed by atoms with Gasteiger partial charge in [0.05, 0.1) is 18.7 Å². The van der Waals surface area contributed by atoms with Gasteiger partial charge in [0.2, 0.25) is 0 Å². The summed E-state index contributed by atoms with van der Waals surface area (Å²) in [6.45, 7) is 5.27. The van der Waals surface area contributed by atoms with Crippen LogP contribution in [0.15, 0.2) is 6.33 Å². The summed E-state index contributed by atoms with van der Waals surface area (Å²) in [7, 11) is 0. The molecule has 2 heterocycles. The van der Waals surface area contributed by atoms with Gasteiger partial charge in [0.15, 0.2) is 0 Å². The Morgan fingerprint density at radius 2 is 1.96 bits per heavy atom. The number of fused-ring (bicyclic) bond motifs is 3. The number of nitrogens with one attached hydrogen (secondary N) is 1. The number of rotatable bonds is 2. The first-order chi connectivity index (χ1) is 12.7. The van der Waals surface area contributed by atoms with Crippen LogP contribution in [0, 0.1) is 11.3 Å². The Labute approximate surface area is 152 Å². The second-order valence-electron chi connectivity index (χ2n) is 6.77. The zero-order chi connectivity index (χ0) is 18.1. The van der Waals surface area contributed by atoms with Gasteiger partial charge in [-0.3, -0.25) is 5.01 Å². The summed E-state index contributed by atoms with van der Waals surface area (Å²) in [5.74, 6) is 0. The van der Waals surface area contributed by atoms with Crippen molar-refractivity contribution < 1.29 is 4.79 Å². The Hall–Kier alpha value is -2.82. The second-order valence-corrected chi connectivity index (χ2v) is 6.77. The van der Waals surface area contributed by atoms with Gasteiger partial charge >= 0.3 is 6.03 Å². The molecule has 0 aromatic rings. The maximum atomic E-state index is 12.0. The molecule has 0 aromatic heterocycles. The number of nitriles is 1. The molecule has 0 spiro atoms. The van der Waals surface area contributed by atoms with Gasteiger partial charge in [-0.15, -0.1) is 5.10 Å². The van der Waals surface area contributed by atoms with Crippen molar-refractivity contribution in [2.75, 3.05) is 37.7 Å². The van der Waals surface area contributed by atoms with E-state index in [1.54, 1.807) is 0 Å². The quantitative estimate of drug-likeness (QED) is 0.874. The van der Waals surface area contributed by atoms with Crippen LogP contribution in [0.2, 0.25) is 0 Å². The lowest BCUT2D eigenvalue weighted by Gasteiger charge is -2.37. The highest BCUT2D eigenvalue weighted by atomic mass is 16.2. The summed E-state index contributed by atoms with van der Waals surface area (Å²) in [6, 6.07) is 2.35. The fourth-order valence-corrected chi connectivity index (χ4v) is 4.06. The molecule has 1 N–H and O–H groups in total. The SMILES string of the molecule is CCNC(=O)N1CCN(n2ncnc3c(C#N)c4c(c2-3)CCCC4)CC1. The van der Waals surface area contributed by atoms with Gasteiger partial charge in [0, 0.05) is 19.6 Å². The van der Waals surface area contributed by atoms with Crippen LogP contribution in [0.4, 0.5) is 4.79 Å². The summed E-state index contributed by atoms with van der Waals surface area (Å²) in [5, 5.41) is 19.1. The molecule has 1 fully saturated rings. The number of amides is 2. The average Bonchev–Trinajstić information content (AvgIpc) is 3.02. The van der Waals surface area contributed by atoms with Gasteiger partial charge in [0.1, 0.15) is 23.8 Å². The van der Waals surface area contributed by atoms with Crippen molar-refractivity contribution in [3.8, 4) is 17.5 Å². The van der Waals surface area contributed by atoms with Crippen LogP contribution in [0.3, 0.4) is 0 Å². The van der Waals surface area contributed by atoms with Gasteiger partial charge < -0.3 is 10.2 Å². The lowest BCUT2D eigenvalue weighted by molar-refractivity contribution is 0.190. The second kappa shape index (κ2) is 6.83. The van der Waals surface area contributed by atoms with E-state index < -0.39 is 0 Å². The number of piperazine rings is 1. The third kappa shape index (κ3) is 2.64. The number of nitrogens with zero attached hydrogens (tertiary/aromatic N) is 6. The van der Waals surface area contributed by atoms with Gasteiger partial charge in [-0.05, 0) is 43.7 Å². The molecule has 0 aromatic carbocycles. The van der Waals surface area contributed by atoms with E-state index in [2.05, 4.69) is 26.5 Å². The third-order valence-electron chi connectivity index (χ3n) is 5.32. The highest BCUT2D eigenvalue weighted by Crippen LogP contribution is 2.38. The van der Waals surface area contributed by atoms with Crippen molar-refractivity contribution in [3.63, 3.8) is 0 Å². The molecule has 2 aliphatic carbocycles. The molecule has 0 atom stereocenters. The van der Waals surface area contributed by atoms with Crippen LogP contribution in [-0.4, -0.2) is 58.5 Å². The van der Waals surface area contributed by atoms with Crippen molar-refractivity contribution in [2.24, 2.45) is 0 Å². The minimum atomic E-state index is -0.0116. The Morgan fingerprint density at radius 1 is 1.23 bits per heavy atom. The summed E-state index contributed by atoms with van der Waals surface area (Å²) in [5.41, 5.74) is 4.84. The van der Waals surface area contributed by atoms with E-state index in [9.17, 15) is 10.1 Å². The Kier molecular flexibility index (Phi) is 4.37. The van der Waals surface area contributed by atoms with Crippen molar-refractivity contribution in [1.82, 2.24) is 25.1 Å². The summed E-state index contributed by atoms with van der Waals surface area (Å²) in [4.78, 5) is 20.2. The maximum absolute atomic E-state index is 12.0. The average molecular weight is 353 g/mol. The Bertz CT molecular complexity index is 829. The molecule has 1 saturated heterocycles. The zero-order valence-corrected chi connectivity index (χ0v) is 15.0. The predicted octanol–water partition coefficient (Wildman–Crippen LogP) is 1.12. The molecule has 26 heavy (non-hydrogen) atoms. The molecular weight excluding hydrogens is 330 g/mol. The van der Waals surface area contributed by atoms with E-state index in [1.165, 1.54) is 11.9 Å². The Balaban J connectivity index is 1.65. The van der Waals surface area contributed by atoms with E-state index in [4.69, 9.17) is 0 Å². The number of hydrogen-bond donors (Lipinski definition) is 1. The first-order valence-corrected chi connectivity index (χ1v) is 9.30. The molecule has 2 aliphatic heterocycles. The number of carbonyl (C=O) groups is 1. The van der Waals surface area contributed by atoms with Gasteiger partial charge in [-0.2, -0.15) is 10.1 Å². The molecule has 4 rings (SSSR count). The summed E-state index contributed by atoms with van der Waals surface area (Å²) >= 11 is 0. The molecule has 0 radical (unpaired) electrons. The molecule has 136 valence electrons. The van der Waals surface area contributed by atoms with Gasteiger partial charge in [0.25, 0.3) is 0 Å². The number of hydrogen-bond acceptors (Lipinski definition) is 5. The van der Waals surface area contributed by atoms with Crippen molar-refractivity contribution in [3.05, 3.63) is 23.0 Å². The highest BCUT2D eigenvalue weighted by molar-refractivity contribution is 5.76. The van der Waals surface area contributed by atoms with Crippen LogP contribution in [0.5, 0.6) is 0 Å². The molecule has 8 heteroatoms. The van der Waals surface area contributed by atoms with Crippen LogP contribution in [0.1, 0.15) is 36.5 Å². The fraction of sp³-hybridized carbons (Fsp3) is 0.556. The van der Waals surface area contributed by atoms with Crippen molar-refractivity contribution in [1.29, 1.82) is 5.26 Å². The third-order valence-corrected chi connectivity index (χ3v) is 5.32. The van der Waals surface area contributed by atoms with E-state index in [0.29, 0.717) is 38.3 Å². The number of urea groups is 1. The normalized spacial score (nSPS) is 17.1. The lowest BCUT2D eigenvalue weighted by Crippen LogP contribution is -2.55. The first-order valence-electron chi connectivity index (χ1n) is 9.30. The molecule has 0 unspecified atom stereocenters. The molecule has 4 aliphatic rings. The van der Waals surface area contributed by atoms with Crippen LogP contribution in [0.25, 0.3) is 11.4 Å². The summed E-state index contributed by atoms with van der Waals surface area (Å²) in [6.07, 6.45) is 5.71. The minimum absolute atomic E-state index is 0.0116. The molecule has 2 amide bonds. The van der Waals surface area contributed by atoms with Crippen molar-refractivity contribution >= 4 is 6.03 Å². The molecular formula is C18H23N7O. The number of aromatic nitrogens is 3. The molecule has 0 saturated carbocycles. The smallest absolute Gasteiger partial charge is 0.317 e. The zero-order valence-electron chi connectivity index (χ0n) is 15.0. The highest BCUT2D eigenvalue weighted by Gasteiger charge is 2.31. The topological polar surface area (TPSA) is 90.1 Å². The molecule has 8 nitrogen and oxygen atoms in total. The maximum Gasteiger partial charge on any atom is 0.317 e. The van der Waals surface area contributed by atoms with Crippen LogP contribution >= 0.6 is 0 Å². The van der Waals surface area contributed by atoms with E-state index >= 15 is 0 Å². The molecule has 0 bridgehead atoms. The van der Waals surface area contributed by atoms with E-state index in [1.807, 2.05) is 16.6 Å². The standard InChI is InChI=1S/C18H23N7O/c1-2-20-18(26)23-7-9-24(10-8-23)25-17-14-6-4-3-5-13(14)15(11-19)16(17)21-12-22-25/h12H,2-10H2,1H3,(H,20,26). The van der Waals surface area contributed by atoms with Crippen LogP contribution < -0.4 is 10.3 Å². The van der Waals surface area contributed by atoms with Crippen LogP contribution in [-0.2, 0) is 12.8 Å². The lowest BCUT2D eigenvalue weighted by atomic mass is 9.94. The van der Waals surface area contributed by atoms with Gasteiger partial charge in [-0.1, -0.05) is 0 Å². The number of carbonyl (C=O) groups excluding carboxylic acids is 1. The predicted molar refractivity (Wildman–Crippen MR) is 96.6 cm³/mol. The van der Waals surface area contributed by atoms with E-state index in [-0.39, 0.29) is 6.03 Å². The fourth-order valence-electron chi connectivity index (χ4n) is 4.06.